The maximum absolute atomic E-state index is 13.1. The first kappa shape index (κ1) is 17.4. The molecule has 1 aliphatic heterocycles. The largest absolute Gasteiger partial charge is 0.492 e. The van der Waals surface area contributed by atoms with Gasteiger partial charge in [-0.05, 0) is 35.3 Å². The van der Waals surface area contributed by atoms with Gasteiger partial charge in [0, 0.05) is 17.5 Å². The smallest absolute Gasteiger partial charge is 0.304 e. The second-order valence-electron chi connectivity index (χ2n) is 6.15. The number of aromatic nitrogens is 2. The summed E-state index contributed by atoms with van der Waals surface area (Å²) in [6, 6.07) is 11.5. The molecule has 1 aliphatic rings. The van der Waals surface area contributed by atoms with Gasteiger partial charge in [0.1, 0.15) is 29.6 Å². The SMILES string of the molecule is O=C(O)CC1COc2cc(OCc3nnsc3-c3ccc(F)cc3)ccc21. The van der Waals surface area contributed by atoms with Crippen molar-refractivity contribution in [1.29, 1.82) is 0 Å². The van der Waals surface area contributed by atoms with Crippen LogP contribution in [0.4, 0.5) is 4.39 Å². The van der Waals surface area contributed by atoms with Crippen molar-refractivity contribution in [2.24, 2.45) is 0 Å². The lowest BCUT2D eigenvalue weighted by Gasteiger charge is -2.08. The molecule has 0 saturated carbocycles. The van der Waals surface area contributed by atoms with Crippen LogP contribution in [0.15, 0.2) is 42.5 Å². The molecule has 2 heterocycles. The Morgan fingerprint density at radius 3 is 2.89 bits per heavy atom. The van der Waals surface area contributed by atoms with E-state index in [1.165, 1.54) is 23.7 Å². The van der Waals surface area contributed by atoms with E-state index in [1.54, 1.807) is 24.3 Å². The van der Waals surface area contributed by atoms with E-state index < -0.39 is 5.97 Å². The Balaban J connectivity index is 1.47. The lowest BCUT2D eigenvalue weighted by molar-refractivity contribution is -0.137. The second-order valence-corrected chi connectivity index (χ2v) is 6.90. The van der Waals surface area contributed by atoms with E-state index in [9.17, 15) is 9.18 Å². The van der Waals surface area contributed by atoms with Gasteiger partial charge < -0.3 is 14.6 Å². The fourth-order valence-electron chi connectivity index (χ4n) is 3.00. The Morgan fingerprint density at radius 2 is 2.11 bits per heavy atom. The predicted octanol–water partition coefficient (Wildman–Crippen LogP) is 3.87. The summed E-state index contributed by atoms with van der Waals surface area (Å²) < 4.78 is 28.5. The summed E-state index contributed by atoms with van der Waals surface area (Å²) in [6.45, 7) is 0.566. The van der Waals surface area contributed by atoms with Crippen LogP contribution >= 0.6 is 11.5 Å². The Kier molecular flexibility index (Phi) is 4.72. The molecule has 4 rings (SSSR count). The predicted molar refractivity (Wildman–Crippen MR) is 96.6 cm³/mol. The number of halogens is 1. The highest BCUT2D eigenvalue weighted by Gasteiger charge is 2.26. The summed E-state index contributed by atoms with van der Waals surface area (Å²) in [5.41, 5.74) is 2.38. The molecule has 0 amide bonds. The summed E-state index contributed by atoms with van der Waals surface area (Å²) in [5, 5.41) is 13.1. The number of carboxylic acids is 1. The third kappa shape index (κ3) is 3.75. The summed E-state index contributed by atoms with van der Waals surface area (Å²) >= 11 is 1.23. The Morgan fingerprint density at radius 1 is 1.30 bits per heavy atom. The van der Waals surface area contributed by atoms with E-state index in [1.807, 2.05) is 6.07 Å². The Labute approximate surface area is 158 Å². The highest BCUT2D eigenvalue weighted by Crippen LogP contribution is 2.38. The number of fused-ring (bicyclic) bond motifs is 1. The van der Waals surface area contributed by atoms with E-state index in [2.05, 4.69) is 9.59 Å². The monoisotopic (exact) mass is 386 g/mol. The molecular weight excluding hydrogens is 371 g/mol. The fraction of sp³-hybridized carbons (Fsp3) is 0.211. The Hall–Kier alpha value is -3.00. The molecule has 2 aromatic carbocycles. The number of hydrogen-bond donors (Lipinski definition) is 1. The maximum Gasteiger partial charge on any atom is 0.304 e. The van der Waals surface area contributed by atoms with Gasteiger partial charge in [0.25, 0.3) is 0 Å². The van der Waals surface area contributed by atoms with Crippen molar-refractivity contribution in [1.82, 2.24) is 9.59 Å². The van der Waals surface area contributed by atoms with Crippen LogP contribution in [0.2, 0.25) is 0 Å². The van der Waals surface area contributed by atoms with Crippen molar-refractivity contribution in [2.45, 2.75) is 18.9 Å². The van der Waals surface area contributed by atoms with Crippen molar-refractivity contribution in [2.75, 3.05) is 6.61 Å². The Bertz CT molecular complexity index is 974. The third-order valence-electron chi connectivity index (χ3n) is 4.32. The number of aliphatic carboxylic acids is 1. The highest BCUT2D eigenvalue weighted by atomic mass is 32.1. The number of hydrogen-bond acceptors (Lipinski definition) is 6. The van der Waals surface area contributed by atoms with Crippen LogP contribution in [-0.2, 0) is 11.4 Å². The fourth-order valence-corrected chi connectivity index (χ4v) is 3.67. The maximum atomic E-state index is 13.1. The van der Waals surface area contributed by atoms with E-state index >= 15 is 0 Å². The number of carbonyl (C=O) groups is 1. The van der Waals surface area contributed by atoms with Crippen molar-refractivity contribution in [3.05, 3.63) is 59.5 Å². The molecule has 0 spiro atoms. The molecule has 8 heteroatoms. The molecule has 1 atom stereocenters. The van der Waals surface area contributed by atoms with Gasteiger partial charge in [-0.2, -0.15) is 0 Å². The van der Waals surface area contributed by atoms with Crippen LogP contribution in [0.5, 0.6) is 11.5 Å². The zero-order valence-corrected chi connectivity index (χ0v) is 14.9. The average Bonchev–Trinajstić information content (AvgIpc) is 3.27. The molecule has 0 saturated heterocycles. The van der Waals surface area contributed by atoms with Crippen molar-refractivity contribution >= 4 is 17.5 Å². The minimum Gasteiger partial charge on any atom is -0.492 e. The molecule has 27 heavy (non-hydrogen) atoms. The normalized spacial score (nSPS) is 15.2. The number of rotatable bonds is 6. The van der Waals surface area contributed by atoms with Crippen molar-refractivity contribution < 1.29 is 23.8 Å². The molecule has 1 aromatic heterocycles. The van der Waals surface area contributed by atoms with Gasteiger partial charge in [-0.25, -0.2) is 4.39 Å². The lowest BCUT2D eigenvalue weighted by Crippen LogP contribution is -2.07. The molecule has 1 unspecified atom stereocenters. The van der Waals surface area contributed by atoms with Crippen LogP contribution in [0.3, 0.4) is 0 Å². The quantitative estimate of drug-likeness (QED) is 0.693. The van der Waals surface area contributed by atoms with E-state index in [4.69, 9.17) is 14.6 Å². The van der Waals surface area contributed by atoms with Crippen LogP contribution in [-0.4, -0.2) is 27.3 Å². The third-order valence-corrected chi connectivity index (χ3v) is 5.14. The number of benzene rings is 2. The van der Waals surface area contributed by atoms with Gasteiger partial charge in [0.15, 0.2) is 0 Å². The molecule has 0 aliphatic carbocycles. The van der Waals surface area contributed by atoms with Gasteiger partial charge in [-0.15, -0.1) is 5.10 Å². The summed E-state index contributed by atoms with van der Waals surface area (Å²) in [5.74, 6) is -0.0365. The minimum absolute atomic E-state index is 0.0404. The highest BCUT2D eigenvalue weighted by molar-refractivity contribution is 7.09. The molecular formula is C19H15FN2O4S. The van der Waals surface area contributed by atoms with Gasteiger partial charge in [-0.3, -0.25) is 4.79 Å². The van der Waals surface area contributed by atoms with E-state index in [-0.39, 0.29) is 24.8 Å². The zero-order chi connectivity index (χ0) is 18.8. The molecule has 0 bridgehead atoms. The van der Waals surface area contributed by atoms with E-state index in [0.29, 0.717) is 23.8 Å². The lowest BCUT2D eigenvalue weighted by atomic mass is 9.98. The second kappa shape index (κ2) is 7.32. The molecule has 3 aromatic rings. The first-order chi connectivity index (χ1) is 13.1. The molecule has 0 radical (unpaired) electrons. The van der Waals surface area contributed by atoms with Crippen molar-refractivity contribution in [3.8, 4) is 21.9 Å². The summed E-state index contributed by atoms with van der Waals surface area (Å²) in [4.78, 5) is 11.7. The van der Waals surface area contributed by atoms with Gasteiger partial charge in [0.2, 0.25) is 0 Å². The number of carboxylic acid groups (broad SMARTS) is 1. The topological polar surface area (TPSA) is 81.5 Å². The van der Waals surface area contributed by atoms with Gasteiger partial charge in [-0.1, -0.05) is 22.7 Å². The van der Waals surface area contributed by atoms with Gasteiger partial charge in [0.05, 0.1) is 17.9 Å². The number of ether oxygens (including phenoxy) is 2. The van der Waals surface area contributed by atoms with Crippen LogP contribution in [0.25, 0.3) is 10.4 Å². The van der Waals surface area contributed by atoms with Gasteiger partial charge >= 0.3 is 5.97 Å². The zero-order valence-electron chi connectivity index (χ0n) is 14.1. The molecule has 6 nitrogen and oxygen atoms in total. The minimum atomic E-state index is -0.846. The van der Waals surface area contributed by atoms with Crippen LogP contribution in [0, 0.1) is 5.82 Å². The first-order valence-corrected chi connectivity index (χ1v) is 9.06. The van der Waals surface area contributed by atoms with Crippen molar-refractivity contribution in [3.63, 3.8) is 0 Å². The average molecular weight is 386 g/mol. The van der Waals surface area contributed by atoms with Crippen LogP contribution < -0.4 is 9.47 Å². The summed E-state index contributed by atoms with van der Waals surface area (Å²) in [6.07, 6.45) is 0.0404. The van der Waals surface area contributed by atoms with E-state index in [0.717, 1.165) is 16.0 Å². The molecule has 1 N–H and O–H groups in total. The van der Waals surface area contributed by atoms with Crippen LogP contribution in [0.1, 0.15) is 23.6 Å². The molecule has 138 valence electrons. The summed E-state index contributed by atoms with van der Waals surface area (Å²) in [7, 11) is 0. The standard InChI is InChI=1S/C19H15FN2O4S/c20-13-3-1-11(2-4-13)19-16(21-22-27-19)10-25-14-5-6-15-12(7-18(23)24)9-26-17(15)8-14/h1-6,8,12H,7,9-10H2,(H,23,24). The number of nitrogens with zero attached hydrogens (tertiary/aromatic N) is 2. The first-order valence-electron chi connectivity index (χ1n) is 8.28. The molecule has 0 fully saturated rings.